The van der Waals surface area contributed by atoms with Gasteiger partial charge < -0.3 is 4.90 Å². The van der Waals surface area contributed by atoms with Crippen LogP contribution in [0.3, 0.4) is 0 Å². The Morgan fingerprint density at radius 3 is 1.84 bits per heavy atom. The maximum absolute atomic E-state index is 2.43. The summed E-state index contributed by atoms with van der Waals surface area (Å²) in [5.41, 5.74) is 5.98. The summed E-state index contributed by atoms with van der Waals surface area (Å²) in [5.74, 6) is 0. The Labute approximate surface area is 225 Å². The molecular weight excluding hydrogens is 487 g/mol. The van der Waals surface area contributed by atoms with Crippen molar-refractivity contribution in [3.05, 3.63) is 140 Å². The first-order valence-electron chi connectivity index (χ1n) is 12.4. The Balaban J connectivity index is 1.42. The topological polar surface area (TPSA) is 3.24 Å². The van der Waals surface area contributed by atoms with Gasteiger partial charge in [0.1, 0.15) is 0 Å². The third-order valence-electron chi connectivity index (χ3n) is 6.72. The lowest BCUT2D eigenvalue weighted by molar-refractivity contribution is 1.12. The first-order chi connectivity index (χ1) is 18.3. The summed E-state index contributed by atoms with van der Waals surface area (Å²) in [6.45, 7) is 0. The molecule has 0 fully saturated rings. The van der Waals surface area contributed by atoms with E-state index in [1.165, 1.54) is 52.9 Å². The van der Waals surface area contributed by atoms with Crippen LogP contribution >= 0.6 is 23.5 Å². The zero-order chi connectivity index (χ0) is 24.6. The van der Waals surface area contributed by atoms with Crippen LogP contribution in [-0.4, -0.2) is 0 Å². The molecular formula is C34H23NS2. The lowest BCUT2D eigenvalue weighted by atomic mass is 10.0. The van der Waals surface area contributed by atoms with Crippen LogP contribution in [0, 0.1) is 0 Å². The first kappa shape index (κ1) is 22.3. The van der Waals surface area contributed by atoms with Crippen LogP contribution in [0.25, 0.3) is 21.9 Å². The largest absolute Gasteiger partial charge is 0.309 e. The number of nitrogens with zero attached hydrogens (tertiary/aromatic N) is 1. The fraction of sp³-hybridized carbons (Fsp3) is 0. The average Bonchev–Trinajstić information content (AvgIpc) is 2.97. The Morgan fingerprint density at radius 1 is 0.405 bits per heavy atom. The van der Waals surface area contributed by atoms with Crippen LogP contribution in [0.5, 0.6) is 0 Å². The molecule has 1 aliphatic rings. The number of benzene rings is 6. The molecule has 0 bridgehead atoms. The van der Waals surface area contributed by atoms with E-state index in [2.05, 4.69) is 144 Å². The van der Waals surface area contributed by atoms with Gasteiger partial charge in [-0.2, -0.15) is 0 Å². The quantitative estimate of drug-likeness (QED) is 0.232. The van der Waals surface area contributed by atoms with E-state index in [1.807, 2.05) is 23.5 Å². The monoisotopic (exact) mass is 509 g/mol. The molecule has 37 heavy (non-hydrogen) atoms. The van der Waals surface area contributed by atoms with Gasteiger partial charge in [-0.25, -0.2) is 0 Å². The van der Waals surface area contributed by atoms with Gasteiger partial charge in [0.2, 0.25) is 0 Å². The smallest absolute Gasteiger partial charge is 0.0612 e. The second-order valence-electron chi connectivity index (χ2n) is 9.00. The van der Waals surface area contributed by atoms with Crippen LogP contribution in [0.1, 0.15) is 0 Å². The molecule has 7 rings (SSSR count). The van der Waals surface area contributed by atoms with Crippen molar-refractivity contribution in [1.82, 2.24) is 0 Å². The van der Waals surface area contributed by atoms with Crippen LogP contribution < -0.4 is 4.90 Å². The van der Waals surface area contributed by atoms with Crippen molar-refractivity contribution in [2.24, 2.45) is 0 Å². The van der Waals surface area contributed by atoms with Crippen molar-refractivity contribution >= 4 is 51.4 Å². The van der Waals surface area contributed by atoms with Gasteiger partial charge >= 0.3 is 0 Å². The Hall–Kier alpha value is -3.92. The van der Waals surface area contributed by atoms with Gasteiger partial charge in [-0.05, 0) is 59.0 Å². The summed E-state index contributed by atoms with van der Waals surface area (Å²) in [6, 6.07) is 50.2. The lowest BCUT2D eigenvalue weighted by Crippen LogP contribution is -2.12. The molecule has 0 saturated carbocycles. The minimum atomic E-state index is 1.15. The first-order valence-corrected chi connectivity index (χ1v) is 14.0. The van der Waals surface area contributed by atoms with E-state index in [4.69, 9.17) is 0 Å². The standard InChI is InChI=1S/C34H23NS2/c1-2-10-24(11-3-1)25-20-22-27(23-21-25)35(29-15-8-13-26-12-4-5-14-28(26)29)30-16-9-19-33-34(30)37-32-18-7-6-17-31(32)36-33/h1-23H. The molecule has 0 atom stereocenters. The van der Waals surface area contributed by atoms with Gasteiger partial charge in [-0.15, -0.1) is 0 Å². The summed E-state index contributed by atoms with van der Waals surface area (Å²) in [4.78, 5) is 7.65. The van der Waals surface area contributed by atoms with E-state index < -0.39 is 0 Å². The van der Waals surface area contributed by atoms with Crippen molar-refractivity contribution in [2.75, 3.05) is 4.90 Å². The van der Waals surface area contributed by atoms with E-state index in [1.54, 1.807) is 0 Å². The molecule has 6 aromatic carbocycles. The predicted octanol–water partition coefficient (Wildman–Crippen LogP) is 10.6. The SMILES string of the molecule is c1ccc(-c2ccc(N(c3cccc4c3Sc3ccccc3S4)c3cccc4ccccc34)cc2)cc1. The number of fused-ring (bicyclic) bond motifs is 3. The summed E-state index contributed by atoms with van der Waals surface area (Å²) in [5, 5.41) is 2.48. The normalized spacial score (nSPS) is 12.1. The Bertz CT molecular complexity index is 1720. The highest BCUT2D eigenvalue weighted by Gasteiger charge is 2.24. The molecule has 0 N–H and O–H groups in total. The molecule has 0 aromatic heterocycles. The van der Waals surface area contributed by atoms with Crippen LogP contribution in [0.15, 0.2) is 159 Å². The lowest BCUT2D eigenvalue weighted by Gasteiger charge is -2.31. The van der Waals surface area contributed by atoms with E-state index in [0.29, 0.717) is 0 Å². The van der Waals surface area contributed by atoms with Gasteiger partial charge in [0.15, 0.2) is 0 Å². The number of rotatable bonds is 4. The maximum atomic E-state index is 2.43. The average molecular weight is 510 g/mol. The van der Waals surface area contributed by atoms with E-state index in [0.717, 1.165) is 5.69 Å². The third kappa shape index (κ3) is 4.11. The second kappa shape index (κ2) is 9.51. The summed E-state index contributed by atoms with van der Waals surface area (Å²) < 4.78 is 0. The maximum Gasteiger partial charge on any atom is 0.0612 e. The molecule has 6 aromatic rings. The molecule has 0 aliphatic carbocycles. The molecule has 1 heterocycles. The van der Waals surface area contributed by atoms with Crippen LogP contribution in [0.4, 0.5) is 17.1 Å². The van der Waals surface area contributed by atoms with Crippen LogP contribution in [-0.2, 0) is 0 Å². The van der Waals surface area contributed by atoms with Crippen molar-refractivity contribution in [1.29, 1.82) is 0 Å². The molecule has 1 nitrogen and oxygen atoms in total. The predicted molar refractivity (Wildman–Crippen MR) is 159 cm³/mol. The van der Waals surface area contributed by atoms with Gasteiger partial charge in [-0.3, -0.25) is 0 Å². The molecule has 0 saturated heterocycles. The van der Waals surface area contributed by atoms with E-state index in [9.17, 15) is 0 Å². The van der Waals surface area contributed by atoms with Gasteiger partial charge in [0, 0.05) is 25.8 Å². The number of anilines is 3. The molecule has 1 aliphatic heterocycles. The second-order valence-corrected chi connectivity index (χ2v) is 11.1. The highest BCUT2D eigenvalue weighted by Crippen LogP contribution is 2.54. The molecule has 0 spiro atoms. The molecule has 3 heteroatoms. The number of hydrogen-bond acceptors (Lipinski definition) is 3. The Morgan fingerprint density at radius 2 is 1.00 bits per heavy atom. The van der Waals surface area contributed by atoms with Crippen molar-refractivity contribution < 1.29 is 0 Å². The van der Waals surface area contributed by atoms with E-state index in [-0.39, 0.29) is 0 Å². The molecule has 0 unspecified atom stereocenters. The van der Waals surface area contributed by atoms with Gasteiger partial charge in [0.25, 0.3) is 0 Å². The highest BCUT2D eigenvalue weighted by atomic mass is 32.2. The van der Waals surface area contributed by atoms with Crippen molar-refractivity contribution in [3.8, 4) is 11.1 Å². The highest BCUT2D eigenvalue weighted by molar-refractivity contribution is 8.05. The summed E-state index contributed by atoms with van der Waals surface area (Å²) in [6.07, 6.45) is 0. The Kier molecular flexibility index (Phi) is 5.73. The third-order valence-corrected chi connectivity index (χ3v) is 9.32. The van der Waals surface area contributed by atoms with Crippen molar-refractivity contribution in [2.45, 2.75) is 19.6 Å². The molecule has 0 radical (unpaired) electrons. The molecule has 176 valence electrons. The minimum absolute atomic E-state index is 1.15. The van der Waals surface area contributed by atoms with Gasteiger partial charge in [0.05, 0.1) is 16.3 Å². The zero-order valence-corrected chi connectivity index (χ0v) is 21.7. The summed E-state index contributed by atoms with van der Waals surface area (Å²) >= 11 is 3.73. The fourth-order valence-corrected chi connectivity index (χ4v) is 7.32. The number of hydrogen-bond donors (Lipinski definition) is 0. The zero-order valence-electron chi connectivity index (χ0n) is 20.0. The fourth-order valence-electron chi connectivity index (χ4n) is 4.96. The van der Waals surface area contributed by atoms with Crippen molar-refractivity contribution in [3.63, 3.8) is 0 Å². The minimum Gasteiger partial charge on any atom is -0.309 e. The van der Waals surface area contributed by atoms with E-state index >= 15 is 0 Å². The summed E-state index contributed by atoms with van der Waals surface area (Å²) in [7, 11) is 0. The molecule has 0 amide bonds. The van der Waals surface area contributed by atoms with Crippen LogP contribution in [0.2, 0.25) is 0 Å². The van der Waals surface area contributed by atoms with Gasteiger partial charge in [-0.1, -0.05) is 121 Å².